The number of hydrogen-bond donors (Lipinski definition) is 0. The third-order valence-corrected chi connectivity index (χ3v) is 2.82. The molecule has 1 aromatic rings. The predicted octanol–water partition coefficient (Wildman–Crippen LogP) is 3.03. The van der Waals surface area contributed by atoms with Crippen molar-refractivity contribution in [3.05, 3.63) is 40.8 Å². The number of ether oxygens (including phenoxy) is 2. The monoisotopic (exact) mass is 269 g/mol. The number of benzene rings is 1. The Morgan fingerprint density at radius 1 is 1.20 bits per heavy atom. The number of hydrogen-bond acceptors (Lipinski definition) is 3. The molecule has 4 heteroatoms. The molecule has 0 radical (unpaired) electrons. The van der Waals surface area contributed by atoms with E-state index in [2.05, 4.69) is 15.9 Å². The summed E-state index contributed by atoms with van der Waals surface area (Å²) in [7, 11) is 4.01. The lowest BCUT2D eigenvalue weighted by atomic mass is 10.2. The first-order chi connectivity index (χ1) is 7.18. The minimum absolute atomic E-state index is 0.308. The van der Waals surface area contributed by atoms with Crippen LogP contribution in [0.3, 0.4) is 0 Å². The Hall–Kier alpha value is -1.16. The van der Waals surface area contributed by atoms with Gasteiger partial charge in [-0.2, -0.15) is 0 Å². The fraction of sp³-hybridized carbons (Fsp3) is 0.273. The van der Waals surface area contributed by atoms with Crippen molar-refractivity contribution in [2.24, 2.45) is 0 Å². The molecule has 0 saturated carbocycles. The topological polar surface area (TPSA) is 21.7 Å². The van der Waals surface area contributed by atoms with E-state index >= 15 is 0 Å². The molecule has 0 aromatic heterocycles. The Bertz CT molecular complexity index is 382. The van der Waals surface area contributed by atoms with Gasteiger partial charge in [-0.1, -0.05) is 0 Å². The molecule has 0 fully saturated rings. The van der Waals surface area contributed by atoms with Gasteiger partial charge in [-0.3, -0.25) is 0 Å². The van der Waals surface area contributed by atoms with Crippen molar-refractivity contribution in [2.75, 3.05) is 19.0 Å². The van der Waals surface area contributed by atoms with E-state index in [4.69, 9.17) is 9.47 Å². The van der Waals surface area contributed by atoms with Crippen LogP contribution in [0.5, 0.6) is 0 Å². The Kier molecular flexibility index (Phi) is 2.86. The first-order valence-corrected chi connectivity index (χ1v) is 5.40. The molecule has 80 valence electrons. The first kappa shape index (κ1) is 10.4. The molecule has 3 nitrogen and oxygen atoms in total. The average molecular weight is 270 g/mol. The second kappa shape index (κ2) is 4.14. The summed E-state index contributed by atoms with van der Waals surface area (Å²) >= 11 is 3.52. The largest absolute Gasteiger partial charge is 0.455 e. The zero-order chi connectivity index (χ0) is 10.8. The van der Waals surface area contributed by atoms with Crippen molar-refractivity contribution in [1.82, 2.24) is 0 Å². The van der Waals surface area contributed by atoms with Crippen molar-refractivity contribution in [3.63, 3.8) is 0 Å². The first-order valence-electron chi connectivity index (χ1n) is 4.61. The van der Waals surface area contributed by atoms with Gasteiger partial charge >= 0.3 is 0 Å². The van der Waals surface area contributed by atoms with E-state index in [1.54, 1.807) is 12.5 Å². The van der Waals surface area contributed by atoms with Crippen LogP contribution in [-0.2, 0) is 9.47 Å². The summed E-state index contributed by atoms with van der Waals surface area (Å²) in [6, 6.07) is 6.04. The normalized spacial score (nSPS) is 14.9. The molecule has 0 saturated heterocycles. The van der Waals surface area contributed by atoms with Crippen LogP contribution >= 0.6 is 15.9 Å². The van der Waals surface area contributed by atoms with Crippen molar-refractivity contribution >= 4 is 21.6 Å². The van der Waals surface area contributed by atoms with Crippen LogP contribution in [0.2, 0.25) is 0 Å². The maximum Gasteiger partial charge on any atom is 0.266 e. The summed E-state index contributed by atoms with van der Waals surface area (Å²) in [5, 5.41) is 0. The molecule has 0 atom stereocenters. The van der Waals surface area contributed by atoms with Crippen LogP contribution in [-0.4, -0.2) is 14.1 Å². The Morgan fingerprint density at radius 2 is 1.87 bits per heavy atom. The average Bonchev–Trinajstić information content (AvgIpc) is 2.69. The summed E-state index contributed by atoms with van der Waals surface area (Å²) in [6.45, 7) is 0. The van der Waals surface area contributed by atoms with E-state index < -0.39 is 0 Å². The molecule has 1 aliphatic heterocycles. The maximum atomic E-state index is 5.26. The number of nitrogens with zero attached hydrogens (tertiary/aromatic N) is 1. The lowest BCUT2D eigenvalue weighted by Gasteiger charge is -2.17. The number of anilines is 1. The molecular weight excluding hydrogens is 258 g/mol. The van der Waals surface area contributed by atoms with Gasteiger partial charge in [-0.25, -0.2) is 0 Å². The molecule has 2 rings (SSSR count). The van der Waals surface area contributed by atoms with Gasteiger partial charge in [0, 0.05) is 24.1 Å². The van der Waals surface area contributed by atoms with E-state index in [9.17, 15) is 0 Å². The quantitative estimate of drug-likeness (QED) is 0.824. The van der Waals surface area contributed by atoms with Gasteiger partial charge < -0.3 is 14.4 Å². The fourth-order valence-corrected chi connectivity index (χ4v) is 2.18. The second-order valence-corrected chi connectivity index (χ2v) is 4.34. The third kappa shape index (κ3) is 2.09. The van der Waals surface area contributed by atoms with Crippen LogP contribution in [0.25, 0.3) is 0 Å². The highest BCUT2D eigenvalue weighted by molar-refractivity contribution is 9.10. The van der Waals surface area contributed by atoms with Gasteiger partial charge in [0.05, 0.1) is 5.69 Å². The maximum absolute atomic E-state index is 5.26. The van der Waals surface area contributed by atoms with Gasteiger partial charge in [0.15, 0.2) is 0 Å². The zero-order valence-electron chi connectivity index (χ0n) is 8.61. The van der Waals surface area contributed by atoms with E-state index in [0.717, 1.165) is 15.7 Å². The highest BCUT2D eigenvalue weighted by atomic mass is 79.9. The minimum atomic E-state index is -0.308. The van der Waals surface area contributed by atoms with Crippen molar-refractivity contribution in [3.8, 4) is 0 Å². The number of rotatable bonds is 2. The van der Waals surface area contributed by atoms with E-state index in [1.165, 1.54) is 0 Å². The molecule has 1 aromatic carbocycles. The van der Waals surface area contributed by atoms with Crippen molar-refractivity contribution in [2.45, 2.75) is 6.29 Å². The van der Waals surface area contributed by atoms with Gasteiger partial charge in [-0.05, 0) is 34.1 Å². The van der Waals surface area contributed by atoms with Crippen molar-refractivity contribution < 1.29 is 9.47 Å². The molecule has 15 heavy (non-hydrogen) atoms. The van der Waals surface area contributed by atoms with E-state index in [-0.39, 0.29) is 6.29 Å². The van der Waals surface area contributed by atoms with Crippen LogP contribution in [0.15, 0.2) is 35.2 Å². The fourth-order valence-electron chi connectivity index (χ4n) is 1.43. The predicted molar refractivity (Wildman–Crippen MR) is 62.5 cm³/mol. The minimum Gasteiger partial charge on any atom is -0.455 e. The number of halogens is 1. The zero-order valence-corrected chi connectivity index (χ0v) is 10.2. The molecular formula is C11H12BrNO2. The molecule has 0 aliphatic carbocycles. The summed E-state index contributed by atoms with van der Waals surface area (Å²) < 4.78 is 11.5. The molecule has 0 amide bonds. The summed E-state index contributed by atoms with van der Waals surface area (Å²) in [4.78, 5) is 2.04. The Morgan fingerprint density at radius 3 is 2.40 bits per heavy atom. The highest BCUT2D eigenvalue weighted by Gasteiger charge is 2.16. The van der Waals surface area contributed by atoms with Crippen LogP contribution in [0.4, 0.5) is 5.69 Å². The van der Waals surface area contributed by atoms with E-state index in [0.29, 0.717) is 0 Å². The standard InChI is InChI=1S/C11H12BrNO2/c1-13(2)10-4-3-8(7-9(10)12)11-14-5-6-15-11/h3-7,11H,1-2H3. The van der Waals surface area contributed by atoms with Gasteiger partial charge in [0.2, 0.25) is 0 Å². The third-order valence-electron chi connectivity index (χ3n) is 2.19. The smallest absolute Gasteiger partial charge is 0.266 e. The van der Waals surface area contributed by atoms with Gasteiger partial charge in [0.25, 0.3) is 6.29 Å². The Labute approximate surface area is 97.4 Å². The van der Waals surface area contributed by atoms with E-state index in [1.807, 2.05) is 37.2 Å². The van der Waals surface area contributed by atoms with Gasteiger partial charge in [-0.15, -0.1) is 0 Å². The molecule has 0 spiro atoms. The van der Waals surface area contributed by atoms with Crippen molar-refractivity contribution in [1.29, 1.82) is 0 Å². The lowest BCUT2D eigenvalue weighted by Crippen LogP contribution is -2.09. The molecule has 1 heterocycles. The molecule has 0 N–H and O–H groups in total. The molecule has 0 unspecified atom stereocenters. The second-order valence-electron chi connectivity index (χ2n) is 3.48. The van der Waals surface area contributed by atoms with Crippen LogP contribution in [0, 0.1) is 0 Å². The Balaban J connectivity index is 2.25. The van der Waals surface area contributed by atoms with Gasteiger partial charge in [0.1, 0.15) is 12.5 Å². The lowest BCUT2D eigenvalue weighted by molar-refractivity contribution is -0.0246. The summed E-state index contributed by atoms with van der Waals surface area (Å²) in [5.74, 6) is 0. The molecule has 0 bridgehead atoms. The highest BCUT2D eigenvalue weighted by Crippen LogP contribution is 2.31. The van der Waals surface area contributed by atoms with Crippen LogP contribution in [0.1, 0.15) is 11.9 Å². The molecule has 1 aliphatic rings. The summed E-state index contributed by atoms with van der Waals surface area (Å²) in [6.07, 6.45) is 2.80. The summed E-state index contributed by atoms with van der Waals surface area (Å²) in [5.41, 5.74) is 2.13. The SMILES string of the molecule is CN(C)c1ccc(C2OC=CO2)cc1Br. The van der Waals surface area contributed by atoms with Crippen LogP contribution < -0.4 is 4.90 Å².